The van der Waals surface area contributed by atoms with Gasteiger partial charge in [-0.3, -0.25) is 9.69 Å². The molecule has 0 bridgehead atoms. The number of piperazine rings is 1. The zero-order chi connectivity index (χ0) is 16.1. The molecule has 122 valence electrons. The Bertz CT molecular complexity index is 633. The average Bonchev–Trinajstić information content (AvgIpc) is 3.04. The molecule has 2 aromatic rings. The lowest BCUT2D eigenvalue weighted by Gasteiger charge is -2.29. The van der Waals surface area contributed by atoms with Gasteiger partial charge in [0.2, 0.25) is 5.91 Å². The van der Waals surface area contributed by atoms with Crippen molar-refractivity contribution in [1.29, 1.82) is 0 Å². The lowest BCUT2D eigenvalue weighted by molar-refractivity contribution is -0.132. The summed E-state index contributed by atoms with van der Waals surface area (Å²) in [7, 11) is 1.97. The van der Waals surface area contributed by atoms with E-state index in [2.05, 4.69) is 10.4 Å². The van der Waals surface area contributed by atoms with Crippen molar-refractivity contribution in [1.82, 2.24) is 24.9 Å². The Kier molecular flexibility index (Phi) is 5.05. The van der Waals surface area contributed by atoms with Gasteiger partial charge >= 0.3 is 0 Å². The number of hydrogen-bond donors (Lipinski definition) is 1. The zero-order valence-electron chi connectivity index (χ0n) is 13.5. The fourth-order valence-corrected chi connectivity index (χ4v) is 2.78. The summed E-state index contributed by atoms with van der Waals surface area (Å²) >= 11 is 0. The van der Waals surface area contributed by atoms with Gasteiger partial charge in [-0.1, -0.05) is 18.2 Å². The Morgan fingerprint density at radius 2 is 2.00 bits per heavy atom. The molecule has 0 saturated carbocycles. The summed E-state index contributed by atoms with van der Waals surface area (Å²) in [5.74, 6) is 0.199. The minimum absolute atomic E-state index is 0.199. The number of amides is 1. The molecule has 3 rings (SSSR count). The molecule has 0 atom stereocenters. The molecule has 1 N–H and O–H groups in total. The van der Waals surface area contributed by atoms with Crippen molar-refractivity contribution in [3.63, 3.8) is 0 Å². The van der Waals surface area contributed by atoms with Crippen LogP contribution in [0.1, 0.15) is 5.56 Å². The number of carbonyl (C=O) groups is 1. The Balaban J connectivity index is 1.54. The third-order valence-corrected chi connectivity index (χ3v) is 3.98. The van der Waals surface area contributed by atoms with E-state index in [1.807, 2.05) is 64.3 Å². The minimum atomic E-state index is 0.199. The summed E-state index contributed by atoms with van der Waals surface area (Å²) in [5.41, 5.74) is 2.14. The molecule has 2 heterocycles. The first-order valence-electron chi connectivity index (χ1n) is 7.98. The number of rotatable bonds is 5. The van der Waals surface area contributed by atoms with Crippen molar-refractivity contribution in [3.05, 3.63) is 48.3 Å². The van der Waals surface area contributed by atoms with Crippen LogP contribution in [-0.4, -0.2) is 65.3 Å². The van der Waals surface area contributed by atoms with E-state index in [1.165, 1.54) is 0 Å². The Morgan fingerprint density at radius 1 is 1.26 bits per heavy atom. The average molecular weight is 313 g/mol. The molecule has 6 heteroatoms. The molecule has 6 nitrogen and oxygen atoms in total. The number of nitrogens with zero attached hydrogens (tertiary/aromatic N) is 4. The van der Waals surface area contributed by atoms with Crippen molar-refractivity contribution in [3.8, 4) is 5.69 Å². The second-order valence-corrected chi connectivity index (χ2v) is 5.93. The number of hydrogen-bond acceptors (Lipinski definition) is 4. The summed E-state index contributed by atoms with van der Waals surface area (Å²) in [6.45, 7) is 4.54. The van der Waals surface area contributed by atoms with Crippen LogP contribution in [0.15, 0.2) is 42.7 Å². The zero-order valence-corrected chi connectivity index (χ0v) is 13.5. The van der Waals surface area contributed by atoms with Crippen molar-refractivity contribution in [2.45, 2.75) is 6.54 Å². The highest BCUT2D eigenvalue weighted by molar-refractivity contribution is 5.78. The SMILES string of the molecule is CN(CC(=O)N1CCNCC1)Cc1cnn(-c2ccccc2)c1. The van der Waals surface area contributed by atoms with Gasteiger partial charge in [-0.25, -0.2) is 4.68 Å². The van der Waals surface area contributed by atoms with Gasteiger partial charge in [0.15, 0.2) is 0 Å². The van der Waals surface area contributed by atoms with Gasteiger partial charge in [0.1, 0.15) is 0 Å². The number of benzene rings is 1. The van der Waals surface area contributed by atoms with E-state index < -0.39 is 0 Å². The molecule has 1 fully saturated rings. The lowest BCUT2D eigenvalue weighted by Crippen LogP contribution is -2.49. The second kappa shape index (κ2) is 7.39. The maximum atomic E-state index is 12.3. The van der Waals surface area contributed by atoms with Gasteiger partial charge in [0, 0.05) is 44.5 Å². The van der Waals surface area contributed by atoms with Crippen LogP contribution in [0.25, 0.3) is 5.69 Å². The number of likely N-dealkylation sites (N-methyl/N-ethyl adjacent to an activating group) is 1. The predicted molar refractivity (Wildman–Crippen MR) is 89.3 cm³/mol. The van der Waals surface area contributed by atoms with E-state index in [0.29, 0.717) is 13.1 Å². The molecular weight excluding hydrogens is 290 g/mol. The first-order chi connectivity index (χ1) is 11.2. The first-order valence-corrected chi connectivity index (χ1v) is 7.98. The highest BCUT2D eigenvalue weighted by atomic mass is 16.2. The van der Waals surface area contributed by atoms with Crippen molar-refractivity contribution < 1.29 is 4.79 Å². The molecule has 1 aromatic heterocycles. The number of para-hydroxylation sites is 1. The monoisotopic (exact) mass is 313 g/mol. The van der Waals surface area contributed by atoms with Crippen LogP contribution in [0, 0.1) is 0 Å². The van der Waals surface area contributed by atoms with E-state index in [4.69, 9.17) is 0 Å². The molecule has 0 aliphatic carbocycles. The van der Waals surface area contributed by atoms with Crippen LogP contribution >= 0.6 is 0 Å². The third kappa shape index (κ3) is 4.18. The molecule has 1 aliphatic rings. The summed E-state index contributed by atoms with van der Waals surface area (Å²) < 4.78 is 1.86. The Labute approximate surface area is 136 Å². The Morgan fingerprint density at radius 3 is 2.74 bits per heavy atom. The van der Waals surface area contributed by atoms with E-state index in [1.54, 1.807) is 0 Å². The number of aromatic nitrogens is 2. The quantitative estimate of drug-likeness (QED) is 0.884. The standard InChI is InChI=1S/C17H23N5O/c1-20(14-17(23)21-9-7-18-8-10-21)12-15-11-19-22(13-15)16-5-3-2-4-6-16/h2-6,11,13,18H,7-10,12,14H2,1H3. The van der Waals surface area contributed by atoms with Crippen LogP contribution < -0.4 is 5.32 Å². The molecule has 1 aromatic carbocycles. The van der Waals surface area contributed by atoms with E-state index in [0.717, 1.165) is 37.4 Å². The van der Waals surface area contributed by atoms with Crippen LogP contribution in [0.3, 0.4) is 0 Å². The number of carbonyl (C=O) groups excluding carboxylic acids is 1. The number of nitrogens with one attached hydrogen (secondary N) is 1. The fourth-order valence-electron chi connectivity index (χ4n) is 2.78. The largest absolute Gasteiger partial charge is 0.339 e. The van der Waals surface area contributed by atoms with E-state index in [9.17, 15) is 4.79 Å². The topological polar surface area (TPSA) is 53.4 Å². The fraction of sp³-hybridized carbons (Fsp3) is 0.412. The predicted octanol–water partition coefficient (Wildman–Crippen LogP) is 0.736. The van der Waals surface area contributed by atoms with Gasteiger partial charge < -0.3 is 10.2 Å². The van der Waals surface area contributed by atoms with E-state index >= 15 is 0 Å². The molecule has 23 heavy (non-hydrogen) atoms. The third-order valence-electron chi connectivity index (χ3n) is 3.98. The van der Waals surface area contributed by atoms with Gasteiger partial charge in [-0.2, -0.15) is 5.10 Å². The summed E-state index contributed by atoms with van der Waals surface area (Å²) in [6, 6.07) is 10.0. The summed E-state index contributed by atoms with van der Waals surface area (Å²) in [5, 5.41) is 7.66. The van der Waals surface area contributed by atoms with Gasteiger partial charge in [0.05, 0.1) is 18.4 Å². The van der Waals surface area contributed by atoms with Gasteiger partial charge in [0.25, 0.3) is 0 Å². The summed E-state index contributed by atoms with van der Waals surface area (Å²) in [4.78, 5) is 16.2. The van der Waals surface area contributed by atoms with Crippen molar-refractivity contribution in [2.24, 2.45) is 0 Å². The van der Waals surface area contributed by atoms with Crippen LogP contribution in [0.5, 0.6) is 0 Å². The minimum Gasteiger partial charge on any atom is -0.339 e. The highest BCUT2D eigenvalue weighted by Crippen LogP contribution is 2.09. The molecule has 0 spiro atoms. The highest BCUT2D eigenvalue weighted by Gasteiger charge is 2.17. The molecular formula is C17H23N5O. The molecule has 1 amide bonds. The molecule has 1 saturated heterocycles. The van der Waals surface area contributed by atoms with Gasteiger partial charge in [-0.15, -0.1) is 0 Å². The van der Waals surface area contributed by atoms with Crippen molar-refractivity contribution >= 4 is 5.91 Å². The van der Waals surface area contributed by atoms with E-state index in [-0.39, 0.29) is 5.91 Å². The van der Waals surface area contributed by atoms with Crippen LogP contribution in [0.2, 0.25) is 0 Å². The Hall–Kier alpha value is -2.18. The second-order valence-electron chi connectivity index (χ2n) is 5.93. The lowest BCUT2D eigenvalue weighted by atomic mass is 10.3. The maximum Gasteiger partial charge on any atom is 0.236 e. The smallest absolute Gasteiger partial charge is 0.236 e. The van der Waals surface area contributed by atoms with Crippen LogP contribution in [-0.2, 0) is 11.3 Å². The first kappa shape index (κ1) is 15.7. The normalized spacial score (nSPS) is 15.1. The van der Waals surface area contributed by atoms with Gasteiger partial charge in [-0.05, 0) is 19.2 Å². The molecule has 0 unspecified atom stereocenters. The van der Waals surface area contributed by atoms with Crippen molar-refractivity contribution in [2.75, 3.05) is 39.8 Å². The summed E-state index contributed by atoms with van der Waals surface area (Å²) in [6.07, 6.45) is 3.87. The van der Waals surface area contributed by atoms with Crippen LogP contribution in [0.4, 0.5) is 0 Å². The molecule has 1 aliphatic heterocycles. The molecule has 0 radical (unpaired) electrons. The maximum absolute atomic E-state index is 12.3.